The van der Waals surface area contributed by atoms with Crippen molar-refractivity contribution in [1.82, 2.24) is 15.0 Å². The van der Waals surface area contributed by atoms with Gasteiger partial charge >= 0.3 is 5.97 Å². The van der Waals surface area contributed by atoms with Gasteiger partial charge in [-0.25, -0.2) is 9.78 Å². The molecule has 0 atom stereocenters. The summed E-state index contributed by atoms with van der Waals surface area (Å²) in [6.07, 6.45) is 15.0. The molecule has 0 radical (unpaired) electrons. The second kappa shape index (κ2) is 18.2. The topological polar surface area (TPSA) is 178 Å². The summed E-state index contributed by atoms with van der Waals surface area (Å²) >= 11 is 0. The number of carboxylic acids is 1. The molecular weight excluding hydrogens is 790 g/mol. The van der Waals surface area contributed by atoms with Crippen molar-refractivity contribution >= 4 is 69.0 Å². The van der Waals surface area contributed by atoms with Crippen LogP contribution in [0.15, 0.2) is 88.8 Å². The van der Waals surface area contributed by atoms with Gasteiger partial charge in [0.15, 0.2) is 0 Å². The Labute approximate surface area is 362 Å². The predicted molar refractivity (Wildman–Crippen MR) is 249 cm³/mol. The number of hydrogen-bond donors (Lipinski definition) is 5. The number of fused-ring (bicyclic) bond motifs is 6. The van der Waals surface area contributed by atoms with Gasteiger partial charge in [-0.05, 0) is 138 Å². The van der Waals surface area contributed by atoms with Crippen LogP contribution in [0.4, 0.5) is 22.9 Å². The fourth-order valence-electron chi connectivity index (χ4n) is 9.66. The molecule has 0 spiro atoms. The minimum Gasteiger partial charge on any atom is -0.477 e. The van der Waals surface area contributed by atoms with E-state index < -0.39 is 11.4 Å². The van der Waals surface area contributed by atoms with Gasteiger partial charge in [-0.1, -0.05) is 31.7 Å². The molecule has 13 heteroatoms. The molecule has 1 amide bonds. The Hall–Kier alpha value is -6.14. The van der Waals surface area contributed by atoms with Gasteiger partial charge in [-0.3, -0.25) is 14.4 Å². The number of carbonyl (C=O) groups excluding carboxylic acids is 1. The van der Waals surface area contributed by atoms with E-state index >= 15 is 0 Å². The summed E-state index contributed by atoms with van der Waals surface area (Å²) in [4.78, 5) is 63.7. The van der Waals surface area contributed by atoms with Crippen LogP contribution in [0.3, 0.4) is 0 Å². The Morgan fingerprint density at radius 1 is 0.689 bits per heavy atom. The molecule has 4 aliphatic heterocycles. The van der Waals surface area contributed by atoms with Crippen molar-refractivity contribution < 1.29 is 14.7 Å². The number of aryl methyl sites for hydroxylation is 4. The standard InChI is InChI=1S/C24H25N3O2.C12H17N3.C11H9NO3.CH4.ClH/c1-14-4-3-5-21-22(14)23(28)19(13-25-21)24(29)26-20-11-10-18(12-15(20)2)27-16-6-7-17(27)9-8-16;1-8-6-12(14-7-11(8)13)15-9-2-3-10(15)5-4-9;1-6-3-2-4-8-9(6)10(13)7(5-12-8)11(14)15;;/h3-5,10-13,16-17H,6-9H2,1-2H3,(H,25,28)(H,26,29);6-7,9-10H,2-5,13H2,1H3;2-5H,1H3,(H,12,13)(H,14,15);1H4;1H. The van der Waals surface area contributed by atoms with Crippen LogP contribution in [0, 0.1) is 27.7 Å². The average molecular weight is 846 g/mol. The van der Waals surface area contributed by atoms with Crippen LogP contribution >= 0.6 is 12.4 Å². The number of nitrogens with one attached hydrogen (secondary N) is 3. The van der Waals surface area contributed by atoms with Gasteiger partial charge < -0.3 is 35.9 Å². The summed E-state index contributed by atoms with van der Waals surface area (Å²) in [6, 6.07) is 22.1. The van der Waals surface area contributed by atoms with E-state index in [1.807, 2.05) is 44.2 Å². The lowest BCUT2D eigenvalue weighted by Crippen LogP contribution is -2.28. The molecule has 7 heterocycles. The molecule has 320 valence electrons. The maximum Gasteiger partial charge on any atom is 0.341 e. The lowest BCUT2D eigenvalue weighted by molar-refractivity contribution is 0.0695. The van der Waals surface area contributed by atoms with E-state index in [0.717, 1.165) is 57.0 Å². The lowest BCUT2D eigenvalue weighted by Gasteiger charge is -2.25. The zero-order valence-corrected chi connectivity index (χ0v) is 35.2. The van der Waals surface area contributed by atoms with Crippen molar-refractivity contribution in [1.29, 1.82) is 0 Å². The van der Waals surface area contributed by atoms with Gasteiger partial charge in [0.25, 0.3) is 5.91 Å². The van der Waals surface area contributed by atoms with E-state index in [4.69, 9.17) is 10.8 Å². The third-order valence-electron chi connectivity index (χ3n) is 12.8. The van der Waals surface area contributed by atoms with E-state index in [1.54, 1.807) is 25.3 Å². The minimum absolute atomic E-state index is 0. The van der Waals surface area contributed by atoms with Crippen molar-refractivity contribution in [2.45, 2.75) is 111 Å². The van der Waals surface area contributed by atoms with Crippen molar-refractivity contribution in [2.75, 3.05) is 20.9 Å². The Kier molecular flexibility index (Phi) is 13.3. The summed E-state index contributed by atoms with van der Waals surface area (Å²) in [5.74, 6) is -0.457. The zero-order chi connectivity index (χ0) is 41.5. The summed E-state index contributed by atoms with van der Waals surface area (Å²) < 4.78 is 0. The smallest absolute Gasteiger partial charge is 0.341 e. The molecule has 4 aliphatic rings. The van der Waals surface area contributed by atoms with E-state index in [2.05, 4.69) is 55.2 Å². The molecule has 3 aromatic carbocycles. The number of amides is 1. The van der Waals surface area contributed by atoms with Crippen LogP contribution in [0.25, 0.3) is 21.8 Å². The van der Waals surface area contributed by atoms with E-state index in [0.29, 0.717) is 28.4 Å². The molecule has 4 bridgehead atoms. The molecule has 6 N–H and O–H groups in total. The van der Waals surface area contributed by atoms with Crippen LogP contribution in [-0.4, -0.2) is 56.1 Å². The maximum atomic E-state index is 12.9. The molecule has 12 nitrogen and oxygen atoms in total. The van der Waals surface area contributed by atoms with Crippen molar-refractivity contribution in [3.8, 4) is 0 Å². The highest BCUT2D eigenvalue weighted by Gasteiger charge is 2.40. The van der Waals surface area contributed by atoms with Gasteiger partial charge in [0.1, 0.15) is 16.9 Å². The first kappa shape index (κ1) is 44.4. The van der Waals surface area contributed by atoms with Crippen LogP contribution < -0.4 is 31.7 Å². The number of anilines is 4. The summed E-state index contributed by atoms with van der Waals surface area (Å²) in [7, 11) is 0. The van der Waals surface area contributed by atoms with Crippen LogP contribution in [-0.2, 0) is 0 Å². The van der Waals surface area contributed by atoms with Gasteiger partial charge in [0.2, 0.25) is 10.9 Å². The van der Waals surface area contributed by atoms with E-state index in [9.17, 15) is 19.2 Å². The SMILES string of the molecule is C.Cc1cc(N2C3CCC2CC3)ccc1NC(=O)c1c[nH]c2cccc(C)c2c1=O.Cc1cc(N2C3CCC2CC3)ncc1N.Cc1cccc2[nH]cc(C(=O)O)c(=O)c12.Cl. The Morgan fingerprint density at radius 3 is 1.67 bits per heavy atom. The van der Waals surface area contributed by atoms with Gasteiger partial charge in [0, 0.05) is 69.7 Å². The van der Waals surface area contributed by atoms with Crippen molar-refractivity contribution in [3.05, 3.63) is 133 Å². The van der Waals surface area contributed by atoms with Crippen LogP contribution in [0.1, 0.15) is 102 Å². The number of aromatic carboxylic acids is 1. The number of hydrogen-bond acceptors (Lipinski definition) is 8. The molecule has 6 aromatic rings. The number of nitrogens with zero attached hydrogens (tertiary/aromatic N) is 3. The molecule has 3 aromatic heterocycles. The molecular formula is C48H56ClN7O5. The summed E-state index contributed by atoms with van der Waals surface area (Å²) in [5.41, 5.74) is 13.0. The maximum absolute atomic E-state index is 12.9. The van der Waals surface area contributed by atoms with Crippen molar-refractivity contribution in [2.24, 2.45) is 0 Å². The van der Waals surface area contributed by atoms with Gasteiger partial charge in [0.05, 0.1) is 11.9 Å². The number of halogens is 1. The zero-order valence-electron chi connectivity index (χ0n) is 34.4. The fraction of sp³-hybridized carbons (Fsp3) is 0.354. The van der Waals surface area contributed by atoms with Crippen molar-refractivity contribution in [3.63, 3.8) is 0 Å². The van der Waals surface area contributed by atoms with Crippen LogP contribution in [0.5, 0.6) is 0 Å². The van der Waals surface area contributed by atoms with Gasteiger partial charge in [-0.15, -0.1) is 12.4 Å². The highest BCUT2D eigenvalue weighted by molar-refractivity contribution is 6.06. The number of nitrogen functional groups attached to an aromatic ring is 1. The molecule has 61 heavy (non-hydrogen) atoms. The third kappa shape index (κ3) is 8.59. The number of aromatic nitrogens is 3. The predicted octanol–water partition coefficient (Wildman–Crippen LogP) is 9.22. The molecule has 4 fully saturated rings. The number of nitrogens with two attached hydrogens (primary N) is 1. The highest BCUT2D eigenvalue weighted by atomic mass is 35.5. The molecule has 10 rings (SSSR count). The first-order chi connectivity index (χ1) is 28.4. The number of carboxylic acid groups (broad SMARTS) is 1. The summed E-state index contributed by atoms with van der Waals surface area (Å²) in [5, 5.41) is 12.7. The number of H-pyrrole nitrogens is 2. The lowest BCUT2D eigenvalue weighted by atomic mass is 10.0. The second-order valence-corrected chi connectivity index (χ2v) is 16.5. The normalized spacial score (nSPS) is 19.3. The second-order valence-electron chi connectivity index (χ2n) is 16.5. The molecule has 0 saturated carbocycles. The third-order valence-corrected chi connectivity index (χ3v) is 12.8. The number of benzene rings is 3. The average Bonchev–Trinajstić information content (AvgIpc) is 4.03. The monoisotopic (exact) mass is 845 g/mol. The number of carbonyl (C=O) groups is 2. The molecule has 0 unspecified atom stereocenters. The fourth-order valence-corrected chi connectivity index (χ4v) is 9.66. The summed E-state index contributed by atoms with van der Waals surface area (Å²) in [6.45, 7) is 7.72. The molecule has 0 aliphatic carbocycles. The Morgan fingerprint density at radius 2 is 1.18 bits per heavy atom. The van der Waals surface area contributed by atoms with Gasteiger partial charge in [-0.2, -0.15) is 0 Å². The Balaban J connectivity index is 0.000000165. The molecule has 4 saturated heterocycles. The first-order valence-corrected chi connectivity index (χ1v) is 20.6. The minimum atomic E-state index is -1.21. The quantitative estimate of drug-likeness (QED) is 0.113. The van der Waals surface area contributed by atoms with E-state index in [1.165, 1.54) is 69.4 Å². The number of pyridine rings is 3. The Bertz CT molecular complexity index is 2690. The number of aromatic amines is 2. The first-order valence-electron chi connectivity index (χ1n) is 20.6. The number of rotatable bonds is 5. The van der Waals surface area contributed by atoms with E-state index in [-0.39, 0.29) is 42.3 Å². The highest BCUT2D eigenvalue weighted by Crippen LogP contribution is 2.42. The largest absolute Gasteiger partial charge is 0.477 e. The van der Waals surface area contributed by atoms with Crippen LogP contribution in [0.2, 0.25) is 0 Å².